The third kappa shape index (κ3) is 9.18. The van der Waals surface area contributed by atoms with Gasteiger partial charge < -0.3 is 24.3 Å². The Morgan fingerprint density at radius 1 is 0.929 bits per heavy atom. The maximum absolute atomic E-state index is 11.8. The highest BCUT2D eigenvalue weighted by Crippen LogP contribution is 2.09. The Morgan fingerprint density at radius 3 is 1.93 bits per heavy atom. The zero-order valence-electron chi connectivity index (χ0n) is 16.3. The standard InChI is InChI=1S/C18H28N2O8/c1-14(21)15(20-17(23)3-4-18(20)24)13-19-16(22)5-6-26-9-10-28-12-11-27-8-7-25-2/h3-4,15H,5-13H2,1-2H3,(H,19,22). The van der Waals surface area contributed by atoms with E-state index in [4.69, 9.17) is 18.9 Å². The molecule has 0 aromatic heterocycles. The first-order chi connectivity index (χ1) is 13.5. The lowest BCUT2D eigenvalue weighted by atomic mass is 10.1. The zero-order valence-corrected chi connectivity index (χ0v) is 16.3. The molecule has 1 heterocycles. The first-order valence-electron chi connectivity index (χ1n) is 9.02. The Bertz CT molecular complexity index is 546. The second-order valence-electron chi connectivity index (χ2n) is 5.89. The molecule has 158 valence electrons. The van der Waals surface area contributed by atoms with Crippen LogP contribution in [0.5, 0.6) is 0 Å². The highest BCUT2D eigenvalue weighted by molar-refractivity contribution is 6.15. The van der Waals surface area contributed by atoms with Gasteiger partial charge in [-0.15, -0.1) is 0 Å². The minimum Gasteiger partial charge on any atom is -0.382 e. The normalized spacial score (nSPS) is 14.6. The number of methoxy groups -OCH3 is 1. The highest BCUT2D eigenvalue weighted by atomic mass is 16.6. The SMILES string of the molecule is COCCOCCOCCOCCC(=O)NCC(C(C)=O)N1C(=O)C=CC1=O. The van der Waals surface area contributed by atoms with Gasteiger partial charge in [-0.25, -0.2) is 0 Å². The summed E-state index contributed by atoms with van der Waals surface area (Å²) in [6.07, 6.45) is 2.29. The first-order valence-corrected chi connectivity index (χ1v) is 9.02. The van der Waals surface area contributed by atoms with Crippen LogP contribution in [0, 0.1) is 0 Å². The van der Waals surface area contributed by atoms with Crippen LogP contribution >= 0.6 is 0 Å². The molecule has 1 aliphatic rings. The van der Waals surface area contributed by atoms with E-state index in [1.54, 1.807) is 7.11 Å². The summed E-state index contributed by atoms with van der Waals surface area (Å²) in [6.45, 7) is 4.03. The second-order valence-corrected chi connectivity index (χ2v) is 5.89. The minimum absolute atomic E-state index is 0.0882. The molecule has 10 nitrogen and oxygen atoms in total. The molecule has 1 aliphatic heterocycles. The smallest absolute Gasteiger partial charge is 0.254 e. The van der Waals surface area contributed by atoms with E-state index in [1.165, 1.54) is 6.92 Å². The molecule has 3 amide bonds. The van der Waals surface area contributed by atoms with Crippen LogP contribution in [0.4, 0.5) is 0 Å². The minimum atomic E-state index is -1.01. The Hall–Kier alpha value is -2.14. The molecule has 1 rings (SSSR count). The number of hydrogen-bond acceptors (Lipinski definition) is 8. The lowest BCUT2D eigenvalue weighted by Crippen LogP contribution is -2.50. The van der Waals surface area contributed by atoms with Gasteiger partial charge in [0.15, 0.2) is 5.78 Å². The molecule has 28 heavy (non-hydrogen) atoms. The Labute approximate surface area is 164 Å². The summed E-state index contributed by atoms with van der Waals surface area (Å²) in [5.41, 5.74) is 0. The maximum Gasteiger partial charge on any atom is 0.254 e. The number of nitrogens with one attached hydrogen (secondary N) is 1. The zero-order chi connectivity index (χ0) is 20.8. The molecule has 0 aliphatic carbocycles. The molecular weight excluding hydrogens is 372 g/mol. The first kappa shape index (κ1) is 23.9. The van der Waals surface area contributed by atoms with Crippen LogP contribution < -0.4 is 5.32 Å². The van der Waals surface area contributed by atoms with Crippen molar-refractivity contribution >= 4 is 23.5 Å². The molecule has 0 saturated carbocycles. The number of imide groups is 1. The van der Waals surface area contributed by atoms with E-state index >= 15 is 0 Å². The highest BCUT2D eigenvalue weighted by Gasteiger charge is 2.34. The van der Waals surface area contributed by atoms with E-state index in [1.807, 2.05) is 0 Å². The molecule has 0 radical (unpaired) electrons. The number of carbonyl (C=O) groups excluding carboxylic acids is 4. The lowest BCUT2D eigenvalue weighted by molar-refractivity contribution is -0.144. The van der Waals surface area contributed by atoms with E-state index in [0.717, 1.165) is 17.1 Å². The fourth-order valence-electron chi connectivity index (χ4n) is 2.28. The average Bonchev–Trinajstić information content (AvgIpc) is 2.98. The summed E-state index contributed by atoms with van der Waals surface area (Å²) in [5, 5.41) is 2.55. The Balaban J connectivity index is 2.09. The molecule has 1 N–H and O–H groups in total. The van der Waals surface area contributed by atoms with E-state index in [0.29, 0.717) is 39.6 Å². The molecule has 0 spiro atoms. The summed E-state index contributed by atoms with van der Waals surface area (Å²) in [7, 11) is 1.60. The van der Waals surface area contributed by atoms with Crippen LogP contribution in [0.25, 0.3) is 0 Å². The van der Waals surface area contributed by atoms with Crippen molar-refractivity contribution in [3.8, 4) is 0 Å². The molecule has 0 fully saturated rings. The average molecular weight is 400 g/mol. The summed E-state index contributed by atoms with van der Waals surface area (Å²) >= 11 is 0. The van der Waals surface area contributed by atoms with Gasteiger partial charge in [0.1, 0.15) is 6.04 Å². The molecule has 0 bridgehead atoms. The number of hydrogen-bond donors (Lipinski definition) is 1. The van der Waals surface area contributed by atoms with Crippen molar-refractivity contribution in [3.05, 3.63) is 12.2 Å². The van der Waals surface area contributed by atoms with Crippen molar-refractivity contribution in [2.75, 3.05) is 59.9 Å². The largest absolute Gasteiger partial charge is 0.382 e. The third-order valence-electron chi connectivity index (χ3n) is 3.77. The number of ketones is 1. The quantitative estimate of drug-likeness (QED) is 0.261. The fourth-order valence-corrected chi connectivity index (χ4v) is 2.28. The molecule has 0 aromatic carbocycles. The van der Waals surface area contributed by atoms with Crippen molar-refractivity contribution in [2.45, 2.75) is 19.4 Å². The number of carbonyl (C=O) groups is 4. The monoisotopic (exact) mass is 400 g/mol. The van der Waals surface area contributed by atoms with Gasteiger partial charge in [-0.05, 0) is 6.92 Å². The Morgan fingerprint density at radius 2 is 1.43 bits per heavy atom. The van der Waals surface area contributed by atoms with Gasteiger partial charge in [0, 0.05) is 32.2 Å². The molecule has 1 unspecified atom stereocenters. The van der Waals surface area contributed by atoms with Crippen LogP contribution in [-0.4, -0.2) is 94.3 Å². The number of Topliss-reactive ketones (excluding diaryl/α,β-unsaturated/α-hetero) is 1. The summed E-state index contributed by atoms with van der Waals surface area (Å²) in [5.74, 6) is -1.85. The van der Waals surface area contributed by atoms with Gasteiger partial charge in [-0.2, -0.15) is 0 Å². The summed E-state index contributed by atoms with van der Waals surface area (Å²) in [6, 6.07) is -1.01. The van der Waals surface area contributed by atoms with E-state index in [9.17, 15) is 19.2 Å². The van der Waals surface area contributed by atoms with Crippen LogP contribution in [0.1, 0.15) is 13.3 Å². The fraction of sp³-hybridized carbons (Fsp3) is 0.667. The van der Waals surface area contributed by atoms with Gasteiger partial charge in [-0.3, -0.25) is 24.1 Å². The van der Waals surface area contributed by atoms with Crippen molar-refractivity contribution < 1.29 is 38.1 Å². The van der Waals surface area contributed by atoms with E-state index < -0.39 is 17.9 Å². The van der Waals surface area contributed by atoms with Gasteiger partial charge in [0.05, 0.1) is 46.2 Å². The van der Waals surface area contributed by atoms with Crippen LogP contribution in [0.2, 0.25) is 0 Å². The number of rotatable bonds is 16. The predicted molar refractivity (Wildman–Crippen MR) is 97.4 cm³/mol. The van der Waals surface area contributed by atoms with Gasteiger partial charge in [0.2, 0.25) is 5.91 Å². The Kier molecular flexibility index (Phi) is 11.9. The second kappa shape index (κ2) is 13.9. The lowest BCUT2D eigenvalue weighted by Gasteiger charge is -2.24. The number of ether oxygens (including phenoxy) is 4. The van der Waals surface area contributed by atoms with Crippen LogP contribution in [0.15, 0.2) is 12.2 Å². The molecule has 0 saturated heterocycles. The third-order valence-corrected chi connectivity index (χ3v) is 3.77. The van der Waals surface area contributed by atoms with Gasteiger partial charge >= 0.3 is 0 Å². The van der Waals surface area contributed by atoms with Crippen molar-refractivity contribution in [3.63, 3.8) is 0 Å². The number of nitrogens with zero attached hydrogens (tertiary/aromatic N) is 1. The summed E-state index contributed by atoms with van der Waals surface area (Å²) in [4.78, 5) is 47.7. The van der Waals surface area contributed by atoms with E-state index in [2.05, 4.69) is 5.32 Å². The molecule has 1 atom stereocenters. The molecule has 0 aromatic rings. The summed E-state index contributed by atoms with van der Waals surface area (Å²) < 4.78 is 20.7. The molecule has 10 heteroatoms. The maximum atomic E-state index is 11.8. The topological polar surface area (TPSA) is 120 Å². The van der Waals surface area contributed by atoms with Crippen molar-refractivity contribution in [1.29, 1.82) is 0 Å². The number of amides is 3. The van der Waals surface area contributed by atoms with Crippen molar-refractivity contribution in [1.82, 2.24) is 10.2 Å². The van der Waals surface area contributed by atoms with Gasteiger partial charge in [0.25, 0.3) is 11.8 Å². The predicted octanol–water partition coefficient (Wildman–Crippen LogP) is -0.928. The van der Waals surface area contributed by atoms with E-state index in [-0.39, 0.29) is 31.3 Å². The van der Waals surface area contributed by atoms with Crippen LogP contribution in [-0.2, 0) is 38.1 Å². The molecular formula is C18H28N2O8. The van der Waals surface area contributed by atoms with Crippen LogP contribution in [0.3, 0.4) is 0 Å². The van der Waals surface area contributed by atoms with Gasteiger partial charge in [-0.1, -0.05) is 0 Å². The van der Waals surface area contributed by atoms with Crippen molar-refractivity contribution in [2.24, 2.45) is 0 Å².